The van der Waals surface area contributed by atoms with E-state index in [1.165, 1.54) is 5.56 Å². The summed E-state index contributed by atoms with van der Waals surface area (Å²) in [6, 6.07) is 32.9. The van der Waals surface area contributed by atoms with Crippen molar-refractivity contribution in [2.45, 2.75) is 24.5 Å². The number of nitrogens with one attached hydrogen (secondary N) is 3. The second-order valence-electron chi connectivity index (χ2n) is 12.6. The van der Waals surface area contributed by atoms with Crippen molar-refractivity contribution in [2.75, 3.05) is 7.11 Å². The molecule has 1 saturated carbocycles. The first-order valence-corrected chi connectivity index (χ1v) is 16.0. The number of nitrogens with zero attached hydrogens (tertiary/aromatic N) is 1. The molecule has 47 heavy (non-hydrogen) atoms. The van der Waals surface area contributed by atoms with Crippen LogP contribution in [0.5, 0.6) is 0 Å². The quantitative estimate of drug-likeness (QED) is 0.141. The first-order valence-electron chi connectivity index (χ1n) is 16.0. The van der Waals surface area contributed by atoms with Gasteiger partial charge in [-0.15, -0.1) is 0 Å². The Bertz CT molecular complexity index is 2480. The average molecular weight is 617 g/mol. The first kappa shape index (κ1) is 27.6. The van der Waals surface area contributed by atoms with Crippen LogP contribution in [0, 0.1) is 5.92 Å². The molecule has 7 heteroatoms. The monoisotopic (exact) mass is 616 g/mol. The summed E-state index contributed by atoms with van der Waals surface area (Å²) in [5, 5.41) is 4.08. The molecule has 8 aromatic rings. The Morgan fingerprint density at radius 2 is 1.28 bits per heavy atom. The fraction of sp³-hybridized carbons (Fsp3) is 0.150. The van der Waals surface area contributed by atoms with Crippen molar-refractivity contribution in [3.8, 4) is 0 Å². The summed E-state index contributed by atoms with van der Waals surface area (Å²) < 4.78 is 8.56. The zero-order valence-corrected chi connectivity index (χ0v) is 25.7. The van der Waals surface area contributed by atoms with Gasteiger partial charge in [-0.25, -0.2) is 0 Å². The van der Waals surface area contributed by atoms with Crippen molar-refractivity contribution in [1.82, 2.24) is 19.5 Å². The number of aromatic amines is 3. The molecule has 9 rings (SSSR count). The molecule has 3 N–H and O–H groups in total. The van der Waals surface area contributed by atoms with Gasteiger partial charge in [-0.2, -0.15) is 0 Å². The van der Waals surface area contributed by atoms with Crippen molar-refractivity contribution in [3.63, 3.8) is 0 Å². The van der Waals surface area contributed by atoms with Crippen LogP contribution in [0.3, 0.4) is 0 Å². The van der Waals surface area contributed by atoms with E-state index in [1.807, 2.05) is 54.6 Å². The summed E-state index contributed by atoms with van der Waals surface area (Å²) in [5.74, 6) is 0.186. The van der Waals surface area contributed by atoms with Gasteiger partial charge in [0, 0.05) is 97.5 Å². The molecule has 0 spiro atoms. The smallest absolute Gasteiger partial charge is 0.152 e. The van der Waals surface area contributed by atoms with Crippen LogP contribution in [0.25, 0.3) is 43.6 Å². The molecule has 0 saturated heterocycles. The Morgan fingerprint density at radius 3 is 1.96 bits per heavy atom. The molecule has 4 aromatic heterocycles. The maximum atomic E-state index is 12.7. The van der Waals surface area contributed by atoms with Crippen LogP contribution in [0.15, 0.2) is 109 Å². The van der Waals surface area contributed by atoms with E-state index in [0.717, 1.165) is 85.1 Å². The molecule has 1 fully saturated rings. The molecule has 4 atom stereocenters. The van der Waals surface area contributed by atoms with Gasteiger partial charge in [0.1, 0.15) is 6.10 Å². The zero-order chi connectivity index (χ0) is 31.6. The number of carbonyl (C=O) groups excluding carboxylic acids is 2. The van der Waals surface area contributed by atoms with Gasteiger partial charge in [-0.1, -0.05) is 72.8 Å². The molecule has 4 unspecified atom stereocenters. The van der Waals surface area contributed by atoms with Gasteiger partial charge in [-0.3, -0.25) is 9.59 Å². The number of fused-ring (bicyclic) bond motifs is 4. The number of hydrogen-bond donors (Lipinski definition) is 3. The normalized spacial score (nSPS) is 17.5. The lowest BCUT2D eigenvalue weighted by Crippen LogP contribution is -2.09. The van der Waals surface area contributed by atoms with Gasteiger partial charge in [0.15, 0.2) is 12.6 Å². The molecule has 0 radical (unpaired) electrons. The largest absolute Gasteiger partial charge is 0.370 e. The SMILES string of the molecule is COC(c1[nH]c2ccccc2c1C=O)c1cn(C2CC2C(c2[nH]c3ccccc3c2C=O)c2c[nH]c3ccccc23)c2ccccc12. The van der Waals surface area contributed by atoms with Crippen molar-refractivity contribution < 1.29 is 14.3 Å². The third-order valence-electron chi connectivity index (χ3n) is 10.2. The average Bonchev–Trinajstić information content (AvgIpc) is 3.41. The van der Waals surface area contributed by atoms with E-state index >= 15 is 0 Å². The van der Waals surface area contributed by atoms with Crippen LogP contribution >= 0.6 is 0 Å². The van der Waals surface area contributed by atoms with Crippen molar-refractivity contribution in [3.05, 3.63) is 143 Å². The molecule has 4 aromatic carbocycles. The molecule has 0 bridgehead atoms. The number of hydrogen-bond acceptors (Lipinski definition) is 3. The highest BCUT2D eigenvalue weighted by Crippen LogP contribution is 2.57. The molecular weight excluding hydrogens is 584 g/mol. The molecule has 1 aliphatic carbocycles. The highest BCUT2D eigenvalue weighted by molar-refractivity contribution is 6.00. The van der Waals surface area contributed by atoms with Crippen LogP contribution in [-0.2, 0) is 4.74 Å². The number of aldehydes is 2. The highest BCUT2D eigenvalue weighted by Gasteiger charge is 2.48. The van der Waals surface area contributed by atoms with Gasteiger partial charge in [-0.05, 0) is 42.2 Å². The minimum atomic E-state index is -0.467. The van der Waals surface area contributed by atoms with Crippen LogP contribution < -0.4 is 0 Å². The summed E-state index contributed by atoms with van der Waals surface area (Å²) in [6.07, 6.45) is 6.73. The molecule has 230 valence electrons. The van der Waals surface area contributed by atoms with E-state index in [9.17, 15) is 9.59 Å². The van der Waals surface area contributed by atoms with Crippen molar-refractivity contribution >= 4 is 56.2 Å². The predicted octanol–water partition coefficient (Wildman–Crippen LogP) is 8.84. The number of carbonyl (C=O) groups is 2. The fourth-order valence-corrected chi connectivity index (χ4v) is 8.02. The Labute approximate surface area is 270 Å². The number of benzene rings is 4. The zero-order valence-electron chi connectivity index (χ0n) is 25.7. The predicted molar refractivity (Wildman–Crippen MR) is 185 cm³/mol. The molecular formula is C40H32N4O3. The summed E-state index contributed by atoms with van der Waals surface area (Å²) >= 11 is 0. The Morgan fingerprint density at radius 1 is 0.702 bits per heavy atom. The Balaban J connectivity index is 1.19. The minimum Gasteiger partial charge on any atom is -0.370 e. The topological polar surface area (TPSA) is 95.7 Å². The fourth-order valence-electron chi connectivity index (χ4n) is 8.02. The standard InChI is InChI=1S/C40H32N4O3/c1-47-40(39-31(22-46)25-12-4-8-16-34(25)43-39)29-20-44(35-17-9-5-13-26(29)35)36-18-27(36)37(28-19-41-32-14-6-2-10-23(28)32)38-30(21-45)24-11-3-7-15-33(24)42-38/h2-17,19-22,27,36-37,40-43H,18H2,1H3. The summed E-state index contributed by atoms with van der Waals surface area (Å²) in [6.45, 7) is 0. The third-order valence-corrected chi connectivity index (χ3v) is 10.2. The summed E-state index contributed by atoms with van der Waals surface area (Å²) in [7, 11) is 1.70. The molecule has 7 nitrogen and oxygen atoms in total. The molecule has 4 heterocycles. The van der Waals surface area contributed by atoms with E-state index < -0.39 is 6.10 Å². The Hall–Kier alpha value is -5.66. The van der Waals surface area contributed by atoms with Gasteiger partial charge < -0.3 is 24.3 Å². The van der Waals surface area contributed by atoms with E-state index in [1.54, 1.807) is 7.11 Å². The number of para-hydroxylation sites is 4. The molecule has 0 amide bonds. The Kier molecular flexibility index (Phi) is 6.30. The number of rotatable bonds is 9. The maximum Gasteiger partial charge on any atom is 0.152 e. The number of H-pyrrole nitrogens is 3. The summed E-state index contributed by atoms with van der Waals surface area (Å²) in [5.41, 5.74) is 9.31. The van der Waals surface area contributed by atoms with E-state index in [0.29, 0.717) is 5.56 Å². The first-order chi connectivity index (χ1) is 23.2. The second-order valence-corrected chi connectivity index (χ2v) is 12.6. The lowest BCUT2D eigenvalue weighted by Gasteiger charge is -2.18. The van der Waals surface area contributed by atoms with Gasteiger partial charge in [0.2, 0.25) is 0 Å². The van der Waals surface area contributed by atoms with Crippen LogP contribution in [0.2, 0.25) is 0 Å². The third kappa shape index (κ3) is 4.16. The minimum absolute atomic E-state index is 0.0399. The van der Waals surface area contributed by atoms with E-state index in [4.69, 9.17) is 4.74 Å². The lowest BCUT2D eigenvalue weighted by atomic mass is 9.88. The van der Waals surface area contributed by atoms with E-state index in [2.05, 4.69) is 74.4 Å². The van der Waals surface area contributed by atoms with Crippen LogP contribution in [-0.4, -0.2) is 39.2 Å². The van der Waals surface area contributed by atoms with E-state index in [-0.39, 0.29) is 17.9 Å². The number of aromatic nitrogens is 4. The van der Waals surface area contributed by atoms with Gasteiger partial charge in [0.05, 0.1) is 5.69 Å². The lowest BCUT2D eigenvalue weighted by molar-refractivity contribution is 0.110. The number of ether oxygens (including phenoxy) is 1. The van der Waals surface area contributed by atoms with Crippen molar-refractivity contribution in [1.29, 1.82) is 0 Å². The van der Waals surface area contributed by atoms with Crippen molar-refractivity contribution in [2.24, 2.45) is 5.92 Å². The number of methoxy groups -OCH3 is 1. The maximum absolute atomic E-state index is 12.7. The van der Waals surface area contributed by atoms with Crippen LogP contribution in [0.4, 0.5) is 0 Å². The molecule has 0 aliphatic heterocycles. The van der Waals surface area contributed by atoms with Crippen LogP contribution in [0.1, 0.15) is 67.7 Å². The second kappa shape index (κ2) is 10.7. The highest BCUT2D eigenvalue weighted by atomic mass is 16.5. The van der Waals surface area contributed by atoms with Gasteiger partial charge in [0.25, 0.3) is 0 Å². The van der Waals surface area contributed by atoms with Gasteiger partial charge >= 0.3 is 0 Å². The summed E-state index contributed by atoms with van der Waals surface area (Å²) in [4.78, 5) is 35.7. The molecule has 1 aliphatic rings.